The molecule has 1 rings (SSSR count). The molecule has 1 aliphatic rings. The van der Waals surface area contributed by atoms with E-state index in [4.69, 9.17) is 4.74 Å². The Kier molecular flexibility index (Phi) is 10.4. The molecule has 120 valence electrons. The van der Waals surface area contributed by atoms with Gasteiger partial charge in [-0.1, -0.05) is 65.7 Å². The van der Waals surface area contributed by atoms with Crippen LogP contribution in [0.3, 0.4) is 0 Å². The molecule has 0 spiro atoms. The minimum Gasteiger partial charge on any atom is -0.378 e. The van der Waals surface area contributed by atoms with Gasteiger partial charge in [0.25, 0.3) is 0 Å². The van der Waals surface area contributed by atoms with Gasteiger partial charge >= 0.3 is 0 Å². The fraction of sp³-hybridized carbons (Fsp3) is 1.00. The highest BCUT2D eigenvalue weighted by atomic mass is 16.5. The quantitative estimate of drug-likeness (QED) is 0.543. The Morgan fingerprint density at radius 1 is 1.00 bits per heavy atom. The van der Waals surface area contributed by atoms with Crippen LogP contribution in [0.25, 0.3) is 0 Å². The Morgan fingerprint density at radius 2 is 1.65 bits per heavy atom. The zero-order valence-electron chi connectivity index (χ0n) is 14.1. The molecule has 0 bridgehead atoms. The standard InChI is InChI=1S/C18H37NO/c1-4-5-6-7-8-9-10-11-13-19-17-12-14-20-18(15-17)16(2)3/h16-19H,4-15H2,1-3H3. The molecule has 2 atom stereocenters. The summed E-state index contributed by atoms with van der Waals surface area (Å²) in [5.74, 6) is 0.655. The lowest BCUT2D eigenvalue weighted by Crippen LogP contribution is -2.41. The van der Waals surface area contributed by atoms with Crippen LogP contribution in [-0.2, 0) is 4.74 Å². The van der Waals surface area contributed by atoms with E-state index in [-0.39, 0.29) is 0 Å². The Balaban J connectivity index is 1.91. The first-order valence-electron chi connectivity index (χ1n) is 9.09. The Hall–Kier alpha value is -0.0800. The Bertz CT molecular complexity index is 217. The summed E-state index contributed by atoms with van der Waals surface area (Å²) in [4.78, 5) is 0. The molecule has 1 fully saturated rings. The molecule has 1 heterocycles. The van der Waals surface area contributed by atoms with Crippen molar-refractivity contribution in [3.05, 3.63) is 0 Å². The van der Waals surface area contributed by atoms with Crippen molar-refractivity contribution < 1.29 is 4.74 Å². The number of hydrogen-bond acceptors (Lipinski definition) is 2. The second kappa shape index (κ2) is 11.6. The van der Waals surface area contributed by atoms with Gasteiger partial charge in [0.15, 0.2) is 0 Å². The van der Waals surface area contributed by atoms with Gasteiger partial charge in [0.1, 0.15) is 0 Å². The first kappa shape index (κ1) is 18.0. The average molecular weight is 284 g/mol. The Labute approximate surface area is 127 Å². The lowest BCUT2D eigenvalue weighted by atomic mass is 9.95. The summed E-state index contributed by atoms with van der Waals surface area (Å²) >= 11 is 0. The monoisotopic (exact) mass is 283 g/mol. The van der Waals surface area contributed by atoms with Gasteiger partial charge in [-0.3, -0.25) is 0 Å². The van der Waals surface area contributed by atoms with Gasteiger partial charge in [-0.05, 0) is 31.7 Å². The maximum absolute atomic E-state index is 5.82. The molecule has 0 aromatic rings. The van der Waals surface area contributed by atoms with Gasteiger partial charge in [-0.25, -0.2) is 0 Å². The van der Waals surface area contributed by atoms with Crippen molar-refractivity contribution in [2.45, 2.75) is 97.1 Å². The normalized spacial score (nSPS) is 23.4. The summed E-state index contributed by atoms with van der Waals surface area (Å²) in [6.45, 7) is 8.96. The maximum Gasteiger partial charge on any atom is 0.0612 e. The van der Waals surface area contributed by atoms with E-state index < -0.39 is 0 Å². The van der Waals surface area contributed by atoms with Crippen molar-refractivity contribution in [1.29, 1.82) is 0 Å². The molecule has 1 saturated heterocycles. The van der Waals surface area contributed by atoms with Gasteiger partial charge < -0.3 is 10.1 Å². The second-order valence-corrected chi connectivity index (χ2v) is 6.80. The van der Waals surface area contributed by atoms with Crippen LogP contribution in [0.5, 0.6) is 0 Å². The van der Waals surface area contributed by atoms with Gasteiger partial charge in [0.05, 0.1) is 6.10 Å². The molecule has 2 nitrogen and oxygen atoms in total. The first-order valence-corrected chi connectivity index (χ1v) is 9.09. The van der Waals surface area contributed by atoms with Crippen molar-refractivity contribution in [1.82, 2.24) is 5.32 Å². The summed E-state index contributed by atoms with van der Waals surface area (Å²) in [6, 6.07) is 0.695. The predicted octanol–water partition coefficient (Wildman–Crippen LogP) is 4.92. The highest BCUT2D eigenvalue weighted by Crippen LogP contribution is 2.20. The van der Waals surface area contributed by atoms with E-state index >= 15 is 0 Å². The van der Waals surface area contributed by atoms with Crippen LogP contribution >= 0.6 is 0 Å². The van der Waals surface area contributed by atoms with Crippen LogP contribution in [0, 0.1) is 5.92 Å². The summed E-state index contributed by atoms with van der Waals surface area (Å²) in [5.41, 5.74) is 0. The predicted molar refractivity (Wildman–Crippen MR) is 88.2 cm³/mol. The van der Waals surface area contributed by atoms with E-state index in [1.165, 1.54) is 70.8 Å². The third-order valence-corrected chi connectivity index (χ3v) is 4.52. The number of hydrogen-bond donors (Lipinski definition) is 1. The number of nitrogens with one attached hydrogen (secondary N) is 1. The zero-order valence-corrected chi connectivity index (χ0v) is 14.1. The fourth-order valence-corrected chi connectivity index (χ4v) is 3.04. The first-order chi connectivity index (χ1) is 9.74. The molecule has 0 aromatic heterocycles. The van der Waals surface area contributed by atoms with Crippen molar-refractivity contribution in [2.24, 2.45) is 5.92 Å². The van der Waals surface area contributed by atoms with Crippen molar-refractivity contribution in [3.8, 4) is 0 Å². The Morgan fingerprint density at radius 3 is 2.30 bits per heavy atom. The molecule has 2 unspecified atom stereocenters. The van der Waals surface area contributed by atoms with Gasteiger partial charge in [-0.15, -0.1) is 0 Å². The molecule has 0 amide bonds. The highest BCUT2D eigenvalue weighted by molar-refractivity contribution is 4.78. The molecule has 0 aromatic carbocycles. The molecule has 1 N–H and O–H groups in total. The van der Waals surface area contributed by atoms with Crippen molar-refractivity contribution in [2.75, 3.05) is 13.2 Å². The molecule has 1 aliphatic heterocycles. The maximum atomic E-state index is 5.82. The van der Waals surface area contributed by atoms with E-state index in [0.717, 1.165) is 6.61 Å². The molecule has 0 aliphatic carbocycles. The van der Waals surface area contributed by atoms with E-state index in [9.17, 15) is 0 Å². The van der Waals surface area contributed by atoms with Gasteiger partial charge in [0, 0.05) is 12.6 Å². The lowest BCUT2D eigenvalue weighted by molar-refractivity contribution is -0.0242. The van der Waals surface area contributed by atoms with E-state index in [0.29, 0.717) is 18.1 Å². The summed E-state index contributed by atoms with van der Waals surface area (Å²) in [5, 5.41) is 3.74. The van der Waals surface area contributed by atoms with Crippen LogP contribution in [-0.4, -0.2) is 25.3 Å². The molecule has 20 heavy (non-hydrogen) atoms. The molecule has 0 radical (unpaired) electrons. The van der Waals surface area contributed by atoms with E-state index in [2.05, 4.69) is 26.1 Å². The van der Waals surface area contributed by atoms with Crippen LogP contribution in [0.15, 0.2) is 0 Å². The van der Waals surface area contributed by atoms with E-state index in [1.54, 1.807) is 0 Å². The largest absolute Gasteiger partial charge is 0.378 e. The van der Waals surface area contributed by atoms with Crippen LogP contribution in [0.2, 0.25) is 0 Å². The second-order valence-electron chi connectivity index (χ2n) is 6.80. The van der Waals surface area contributed by atoms with Crippen LogP contribution < -0.4 is 5.32 Å². The minimum atomic E-state index is 0.472. The topological polar surface area (TPSA) is 21.3 Å². The van der Waals surface area contributed by atoms with Crippen LogP contribution in [0.4, 0.5) is 0 Å². The third-order valence-electron chi connectivity index (χ3n) is 4.52. The summed E-state index contributed by atoms with van der Waals surface area (Å²) in [6.07, 6.45) is 14.1. The molecular formula is C18H37NO. The number of unbranched alkanes of at least 4 members (excludes halogenated alkanes) is 7. The van der Waals surface area contributed by atoms with Crippen molar-refractivity contribution in [3.63, 3.8) is 0 Å². The zero-order chi connectivity index (χ0) is 14.6. The number of ether oxygens (including phenoxy) is 1. The fourth-order valence-electron chi connectivity index (χ4n) is 3.04. The summed E-state index contributed by atoms with van der Waals surface area (Å²) in [7, 11) is 0. The lowest BCUT2D eigenvalue weighted by Gasteiger charge is -2.32. The SMILES string of the molecule is CCCCCCCCCCNC1CCOC(C(C)C)C1. The summed E-state index contributed by atoms with van der Waals surface area (Å²) < 4.78 is 5.82. The molecule has 2 heteroatoms. The molecule has 0 saturated carbocycles. The number of rotatable bonds is 11. The van der Waals surface area contributed by atoms with Crippen molar-refractivity contribution >= 4 is 0 Å². The van der Waals surface area contributed by atoms with Crippen LogP contribution in [0.1, 0.15) is 85.0 Å². The average Bonchev–Trinajstić information content (AvgIpc) is 2.46. The third kappa shape index (κ3) is 8.26. The minimum absolute atomic E-state index is 0.472. The highest BCUT2D eigenvalue weighted by Gasteiger charge is 2.24. The van der Waals surface area contributed by atoms with Gasteiger partial charge in [-0.2, -0.15) is 0 Å². The van der Waals surface area contributed by atoms with Gasteiger partial charge in [0.2, 0.25) is 0 Å². The smallest absolute Gasteiger partial charge is 0.0612 e. The molecular weight excluding hydrogens is 246 g/mol. The van der Waals surface area contributed by atoms with E-state index in [1.807, 2.05) is 0 Å².